The third-order valence-electron chi connectivity index (χ3n) is 2.28. The number of rotatable bonds is 2. The Kier molecular flexibility index (Phi) is 2.59. The SMILES string of the molecule is NCCc1ccn2c(C(F)(F)F)ncc2c1. The molecule has 0 saturated heterocycles. The number of pyridine rings is 1. The number of hydrogen-bond donors (Lipinski definition) is 1. The van der Waals surface area contributed by atoms with Gasteiger partial charge in [-0.15, -0.1) is 0 Å². The molecule has 2 aromatic rings. The fourth-order valence-electron chi connectivity index (χ4n) is 1.58. The second-order valence-electron chi connectivity index (χ2n) is 3.45. The standard InChI is InChI=1S/C10H10F3N3/c11-10(12,13)9-15-6-8-5-7(1-3-14)2-4-16(8)9/h2,4-6H,1,3,14H2. The fraction of sp³-hybridized carbons (Fsp3) is 0.300. The normalized spacial score (nSPS) is 12.2. The highest BCUT2D eigenvalue weighted by molar-refractivity contribution is 5.48. The van der Waals surface area contributed by atoms with E-state index < -0.39 is 12.0 Å². The van der Waals surface area contributed by atoms with Gasteiger partial charge >= 0.3 is 6.18 Å². The van der Waals surface area contributed by atoms with Gasteiger partial charge in [0.05, 0.1) is 11.7 Å². The van der Waals surface area contributed by atoms with Crippen molar-refractivity contribution in [3.63, 3.8) is 0 Å². The lowest BCUT2D eigenvalue weighted by Crippen LogP contribution is -2.10. The Hall–Kier alpha value is -1.56. The molecule has 0 fully saturated rings. The molecule has 3 nitrogen and oxygen atoms in total. The second-order valence-corrected chi connectivity index (χ2v) is 3.45. The van der Waals surface area contributed by atoms with Crippen LogP contribution in [-0.4, -0.2) is 15.9 Å². The molecule has 0 unspecified atom stereocenters. The molecule has 0 atom stereocenters. The first kappa shape index (κ1) is 10.9. The molecule has 0 bridgehead atoms. The molecular formula is C10H10F3N3. The van der Waals surface area contributed by atoms with Gasteiger partial charge in [-0.05, 0) is 30.7 Å². The number of nitrogens with two attached hydrogens (primary N) is 1. The van der Waals surface area contributed by atoms with E-state index in [1.54, 1.807) is 12.1 Å². The van der Waals surface area contributed by atoms with Crippen LogP contribution in [0.1, 0.15) is 11.4 Å². The van der Waals surface area contributed by atoms with Crippen LogP contribution in [0.4, 0.5) is 13.2 Å². The molecule has 2 rings (SSSR count). The number of halogens is 3. The molecule has 2 heterocycles. The highest BCUT2D eigenvalue weighted by Crippen LogP contribution is 2.28. The van der Waals surface area contributed by atoms with Gasteiger partial charge < -0.3 is 5.73 Å². The van der Waals surface area contributed by atoms with Crippen molar-refractivity contribution in [3.8, 4) is 0 Å². The Labute approximate surface area is 89.7 Å². The average molecular weight is 229 g/mol. The summed E-state index contributed by atoms with van der Waals surface area (Å²) in [5.74, 6) is -0.901. The quantitative estimate of drug-likeness (QED) is 0.854. The first-order valence-corrected chi connectivity index (χ1v) is 4.75. The lowest BCUT2D eigenvalue weighted by molar-refractivity contribution is -0.145. The van der Waals surface area contributed by atoms with Crippen molar-refractivity contribution in [1.29, 1.82) is 0 Å². The van der Waals surface area contributed by atoms with Gasteiger partial charge in [0.15, 0.2) is 0 Å². The summed E-state index contributed by atoms with van der Waals surface area (Å²) in [6, 6.07) is 3.28. The first-order valence-electron chi connectivity index (χ1n) is 4.75. The topological polar surface area (TPSA) is 43.3 Å². The minimum atomic E-state index is -4.43. The Morgan fingerprint density at radius 2 is 2.12 bits per heavy atom. The maximum atomic E-state index is 12.5. The van der Waals surface area contributed by atoms with E-state index >= 15 is 0 Å². The Morgan fingerprint density at radius 1 is 1.38 bits per heavy atom. The summed E-state index contributed by atoms with van der Waals surface area (Å²) < 4.78 is 38.5. The predicted octanol–water partition coefficient (Wildman–Crippen LogP) is 1.85. The van der Waals surface area contributed by atoms with E-state index in [2.05, 4.69) is 4.98 Å². The third-order valence-corrected chi connectivity index (χ3v) is 2.28. The minimum Gasteiger partial charge on any atom is -0.330 e. The van der Waals surface area contributed by atoms with E-state index in [1.165, 1.54) is 12.4 Å². The first-order chi connectivity index (χ1) is 7.52. The molecule has 2 N–H and O–H groups in total. The number of fused-ring (bicyclic) bond motifs is 1. The summed E-state index contributed by atoms with van der Waals surface area (Å²) in [6.07, 6.45) is -1.20. The zero-order chi connectivity index (χ0) is 11.8. The summed E-state index contributed by atoms with van der Waals surface area (Å²) in [6.45, 7) is 0.469. The number of alkyl halides is 3. The molecule has 0 aliphatic heterocycles. The van der Waals surface area contributed by atoms with Crippen molar-refractivity contribution in [3.05, 3.63) is 35.9 Å². The summed E-state index contributed by atoms with van der Waals surface area (Å²) in [5, 5.41) is 0. The van der Waals surface area contributed by atoms with Gasteiger partial charge in [0.2, 0.25) is 5.82 Å². The summed E-state index contributed by atoms with van der Waals surface area (Å²) in [5.41, 5.74) is 6.71. The van der Waals surface area contributed by atoms with Gasteiger partial charge in [-0.2, -0.15) is 13.2 Å². The largest absolute Gasteiger partial charge is 0.450 e. The highest BCUT2D eigenvalue weighted by Gasteiger charge is 2.35. The van der Waals surface area contributed by atoms with Crippen LogP contribution in [0.15, 0.2) is 24.5 Å². The summed E-state index contributed by atoms with van der Waals surface area (Å²) in [7, 11) is 0. The Morgan fingerprint density at radius 3 is 2.75 bits per heavy atom. The van der Waals surface area contributed by atoms with Crippen LogP contribution in [-0.2, 0) is 12.6 Å². The van der Waals surface area contributed by atoms with Crippen molar-refractivity contribution < 1.29 is 13.2 Å². The lowest BCUT2D eigenvalue weighted by atomic mass is 10.2. The van der Waals surface area contributed by atoms with Gasteiger partial charge in [0.1, 0.15) is 0 Å². The zero-order valence-corrected chi connectivity index (χ0v) is 8.33. The molecule has 0 aromatic carbocycles. The fourth-order valence-corrected chi connectivity index (χ4v) is 1.58. The predicted molar refractivity (Wildman–Crippen MR) is 53.0 cm³/mol. The maximum Gasteiger partial charge on any atom is 0.450 e. The van der Waals surface area contributed by atoms with Crippen LogP contribution >= 0.6 is 0 Å². The monoisotopic (exact) mass is 229 g/mol. The van der Waals surface area contributed by atoms with E-state index in [1.807, 2.05) is 0 Å². The molecule has 6 heteroatoms. The minimum absolute atomic E-state index is 0.429. The van der Waals surface area contributed by atoms with Gasteiger partial charge in [-0.3, -0.25) is 4.40 Å². The van der Waals surface area contributed by atoms with E-state index in [4.69, 9.17) is 5.73 Å². The number of hydrogen-bond acceptors (Lipinski definition) is 2. The molecule has 0 aliphatic carbocycles. The molecule has 16 heavy (non-hydrogen) atoms. The second kappa shape index (κ2) is 3.79. The molecule has 0 saturated carbocycles. The van der Waals surface area contributed by atoms with Crippen LogP contribution in [0.2, 0.25) is 0 Å². The zero-order valence-electron chi connectivity index (χ0n) is 8.33. The number of aromatic nitrogens is 2. The van der Waals surface area contributed by atoms with E-state index in [0.29, 0.717) is 18.5 Å². The molecule has 0 amide bonds. The van der Waals surface area contributed by atoms with Crippen LogP contribution in [0.5, 0.6) is 0 Å². The smallest absolute Gasteiger partial charge is 0.330 e. The van der Waals surface area contributed by atoms with Gasteiger partial charge in [0.25, 0.3) is 0 Å². The van der Waals surface area contributed by atoms with Crippen molar-refractivity contribution >= 4 is 5.52 Å². The van der Waals surface area contributed by atoms with Gasteiger partial charge in [0, 0.05) is 6.20 Å². The molecule has 0 aliphatic rings. The van der Waals surface area contributed by atoms with Crippen molar-refractivity contribution in [2.24, 2.45) is 5.73 Å². The molecule has 2 aromatic heterocycles. The number of imidazole rings is 1. The third kappa shape index (κ3) is 1.88. The Balaban J connectivity index is 2.51. The van der Waals surface area contributed by atoms with E-state index in [-0.39, 0.29) is 0 Å². The molecular weight excluding hydrogens is 219 g/mol. The summed E-state index contributed by atoms with van der Waals surface area (Å²) in [4.78, 5) is 3.37. The van der Waals surface area contributed by atoms with Crippen molar-refractivity contribution in [2.45, 2.75) is 12.6 Å². The number of nitrogens with zero attached hydrogens (tertiary/aromatic N) is 2. The van der Waals surface area contributed by atoms with Crippen molar-refractivity contribution in [1.82, 2.24) is 9.38 Å². The van der Waals surface area contributed by atoms with Crippen LogP contribution in [0.3, 0.4) is 0 Å². The van der Waals surface area contributed by atoms with Crippen LogP contribution < -0.4 is 5.73 Å². The van der Waals surface area contributed by atoms with Crippen molar-refractivity contribution in [2.75, 3.05) is 6.54 Å². The van der Waals surface area contributed by atoms with Gasteiger partial charge in [-0.1, -0.05) is 0 Å². The van der Waals surface area contributed by atoms with E-state index in [0.717, 1.165) is 9.96 Å². The molecule has 0 spiro atoms. The molecule has 86 valence electrons. The summed E-state index contributed by atoms with van der Waals surface area (Å²) >= 11 is 0. The average Bonchev–Trinajstić information content (AvgIpc) is 2.60. The maximum absolute atomic E-state index is 12.5. The van der Waals surface area contributed by atoms with Crippen LogP contribution in [0.25, 0.3) is 5.52 Å². The van der Waals surface area contributed by atoms with Gasteiger partial charge in [-0.25, -0.2) is 4.98 Å². The van der Waals surface area contributed by atoms with Crippen LogP contribution in [0, 0.1) is 0 Å². The Bertz CT molecular complexity index is 501. The molecule has 0 radical (unpaired) electrons. The van der Waals surface area contributed by atoms with E-state index in [9.17, 15) is 13.2 Å². The highest BCUT2D eigenvalue weighted by atomic mass is 19.4. The lowest BCUT2D eigenvalue weighted by Gasteiger charge is -2.06.